The summed E-state index contributed by atoms with van der Waals surface area (Å²) in [6.45, 7) is 0.448. The summed E-state index contributed by atoms with van der Waals surface area (Å²) in [5, 5.41) is 21.6. The Morgan fingerprint density at radius 2 is 1.53 bits per heavy atom. The average molecular weight is 440 g/mol. The van der Waals surface area contributed by atoms with Gasteiger partial charge in [0, 0.05) is 25.1 Å². The Kier molecular flexibility index (Phi) is 8.46. The third-order valence-corrected chi connectivity index (χ3v) is 4.92. The molecule has 0 saturated carbocycles. The van der Waals surface area contributed by atoms with E-state index in [1.54, 1.807) is 24.3 Å². The van der Waals surface area contributed by atoms with Crippen LogP contribution in [0.1, 0.15) is 36.8 Å². The average Bonchev–Trinajstić information content (AvgIpc) is 2.97. The van der Waals surface area contributed by atoms with Crippen LogP contribution in [0.15, 0.2) is 36.4 Å². The number of carbonyl (C=O) groups excluding carboxylic acids is 2. The monoisotopic (exact) mass is 440 g/mol. The lowest BCUT2D eigenvalue weighted by molar-refractivity contribution is -0.145. The van der Waals surface area contributed by atoms with Crippen LogP contribution in [-0.4, -0.2) is 43.2 Å². The normalized spacial score (nSPS) is 11.3. The zero-order valence-corrected chi connectivity index (χ0v) is 17.1. The zero-order chi connectivity index (χ0) is 22.1. The van der Waals surface area contributed by atoms with Gasteiger partial charge in [0.2, 0.25) is 17.7 Å². The maximum absolute atomic E-state index is 11.9. The number of carbonyl (C=O) groups is 2. The van der Waals surface area contributed by atoms with Gasteiger partial charge in [0.1, 0.15) is 0 Å². The molecule has 0 aliphatic carbocycles. The highest BCUT2D eigenvalue weighted by atomic mass is 31.2. The van der Waals surface area contributed by atoms with Crippen LogP contribution in [-0.2, 0) is 26.7 Å². The molecule has 0 saturated heterocycles. The molecule has 0 unspecified atom stereocenters. The lowest BCUT2D eigenvalue weighted by Crippen LogP contribution is -2.26. The summed E-state index contributed by atoms with van der Waals surface area (Å²) in [4.78, 5) is 46.4. The van der Waals surface area contributed by atoms with E-state index in [4.69, 9.17) is 14.6 Å². The van der Waals surface area contributed by atoms with Crippen LogP contribution >= 0.6 is 7.60 Å². The molecule has 2 rings (SSSR count). The number of aromatic nitrogens is 1. The number of nitrogens with zero attached hydrogens (tertiary/aromatic N) is 1. The highest BCUT2D eigenvalue weighted by Crippen LogP contribution is 2.38. The molecule has 1 amide bonds. The second kappa shape index (κ2) is 10.8. The van der Waals surface area contributed by atoms with Crippen LogP contribution in [0.4, 0.5) is 0 Å². The molecule has 10 nitrogen and oxygen atoms in total. The van der Waals surface area contributed by atoms with Gasteiger partial charge in [-0.25, -0.2) is 4.79 Å². The molecule has 0 spiro atoms. The van der Waals surface area contributed by atoms with Gasteiger partial charge in [-0.3, -0.25) is 9.36 Å². The molecule has 0 atom stereocenters. The van der Waals surface area contributed by atoms with E-state index >= 15 is 0 Å². The van der Waals surface area contributed by atoms with Crippen LogP contribution in [0.25, 0.3) is 0 Å². The van der Waals surface area contributed by atoms with Gasteiger partial charge in [-0.15, -0.1) is 4.73 Å². The van der Waals surface area contributed by atoms with Crippen LogP contribution in [0.3, 0.4) is 0 Å². The van der Waals surface area contributed by atoms with E-state index in [9.17, 15) is 24.4 Å². The second-order valence-electron chi connectivity index (χ2n) is 6.78. The Hall–Kier alpha value is -2.81. The molecule has 164 valence electrons. The Morgan fingerprint density at radius 3 is 2.13 bits per heavy atom. The Morgan fingerprint density at radius 1 is 0.933 bits per heavy atom. The molecule has 1 aromatic carbocycles. The van der Waals surface area contributed by atoms with E-state index < -0.39 is 13.6 Å². The Labute approximate surface area is 173 Å². The lowest BCUT2D eigenvalue weighted by atomic mass is 10.1. The van der Waals surface area contributed by atoms with Crippen molar-refractivity contribution in [3.63, 3.8) is 0 Å². The van der Waals surface area contributed by atoms with Gasteiger partial charge in [-0.05, 0) is 24.0 Å². The van der Waals surface area contributed by atoms with Gasteiger partial charge < -0.3 is 30.2 Å². The largest absolute Gasteiger partial charge is 0.492 e. The predicted molar refractivity (Wildman–Crippen MR) is 107 cm³/mol. The van der Waals surface area contributed by atoms with Crippen molar-refractivity contribution in [2.75, 3.05) is 6.54 Å². The van der Waals surface area contributed by atoms with Crippen LogP contribution in [0, 0.1) is 0 Å². The third kappa shape index (κ3) is 8.28. The summed E-state index contributed by atoms with van der Waals surface area (Å²) in [6.07, 6.45) is 1.80. The van der Waals surface area contributed by atoms with Crippen LogP contribution in [0.2, 0.25) is 0 Å². The van der Waals surface area contributed by atoms with Crippen molar-refractivity contribution in [2.24, 2.45) is 0 Å². The van der Waals surface area contributed by atoms with E-state index in [0.29, 0.717) is 36.1 Å². The number of nitrogens with one attached hydrogen (secondary N) is 1. The number of rotatable bonds is 11. The number of aromatic hydroxyl groups is 2. The van der Waals surface area contributed by atoms with Gasteiger partial charge in [0.25, 0.3) is 0 Å². The summed E-state index contributed by atoms with van der Waals surface area (Å²) in [7, 11) is -4.11. The molecule has 5 N–H and O–H groups in total. The van der Waals surface area contributed by atoms with E-state index in [1.165, 1.54) is 12.1 Å². The van der Waals surface area contributed by atoms with E-state index in [2.05, 4.69) is 5.32 Å². The summed E-state index contributed by atoms with van der Waals surface area (Å²) in [6, 6.07) is 8.90. The maximum Gasteiger partial charge on any atom is 0.333 e. The highest BCUT2D eigenvalue weighted by Gasteiger charge is 2.14. The van der Waals surface area contributed by atoms with E-state index in [0.717, 1.165) is 5.56 Å². The maximum atomic E-state index is 11.9. The molecule has 1 aromatic heterocycles. The topological polar surface area (TPSA) is 158 Å². The molecule has 0 aliphatic rings. The molecule has 11 heteroatoms. The van der Waals surface area contributed by atoms with Crippen molar-refractivity contribution >= 4 is 19.5 Å². The van der Waals surface area contributed by atoms with Crippen molar-refractivity contribution in [1.29, 1.82) is 0 Å². The molecule has 30 heavy (non-hydrogen) atoms. The van der Waals surface area contributed by atoms with Gasteiger partial charge in [-0.1, -0.05) is 30.7 Å². The first-order valence-electron chi connectivity index (χ1n) is 9.34. The summed E-state index contributed by atoms with van der Waals surface area (Å²) in [5.41, 5.74) is 1.24. The molecule has 1 heterocycles. The van der Waals surface area contributed by atoms with Crippen LogP contribution < -0.4 is 10.2 Å². The minimum atomic E-state index is -4.11. The molecular weight excluding hydrogens is 415 g/mol. The van der Waals surface area contributed by atoms with Gasteiger partial charge in [0.05, 0.1) is 12.6 Å². The number of benzene rings is 1. The zero-order valence-electron chi connectivity index (χ0n) is 16.2. The Bertz CT molecular complexity index is 884. The van der Waals surface area contributed by atoms with Crippen LogP contribution in [0.5, 0.6) is 11.8 Å². The van der Waals surface area contributed by atoms with Crippen molar-refractivity contribution in [2.45, 2.75) is 38.3 Å². The SMILES string of the molecule is O=C(Cc1ccc(CP(=O)(O)O)cc1)NCCCCCC(=O)On1c(O)ccc1O. The van der Waals surface area contributed by atoms with Gasteiger partial charge >= 0.3 is 13.6 Å². The second-order valence-corrected chi connectivity index (χ2v) is 8.43. The number of hydrogen-bond donors (Lipinski definition) is 5. The Balaban J connectivity index is 1.59. The number of unbranched alkanes of at least 4 members (excludes halogenated alkanes) is 2. The minimum Gasteiger partial charge on any atom is -0.492 e. The fourth-order valence-electron chi connectivity index (χ4n) is 2.69. The standard InChI is InChI=1S/C19H25N2O8P/c22-16(12-14-5-7-15(8-6-14)13-30(26,27)28)20-11-3-1-2-4-19(25)29-21-17(23)9-10-18(21)24/h5-10,23-24H,1-4,11-13H2,(H,20,22)(H2,26,27,28). The molecule has 0 radical (unpaired) electrons. The first kappa shape index (κ1) is 23.5. The van der Waals surface area contributed by atoms with Gasteiger partial charge in [0.15, 0.2) is 0 Å². The molecule has 0 bridgehead atoms. The molecule has 2 aromatic rings. The smallest absolute Gasteiger partial charge is 0.333 e. The summed E-state index contributed by atoms with van der Waals surface area (Å²) >= 11 is 0. The highest BCUT2D eigenvalue weighted by molar-refractivity contribution is 7.50. The predicted octanol–water partition coefficient (Wildman–Crippen LogP) is 1.45. The van der Waals surface area contributed by atoms with E-state index in [-0.39, 0.29) is 36.7 Å². The van der Waals surface area contributed by atoms with E-state index in [1.807, 2.05) is 0 Å². The lowest BCUT2D eigenvalue weighted by Gasteiger charge is -2.08. The minimum absolute atomic E-state index is 0.103. The fraction of sp³-hybridized carbons (Fsp3) is 0.368. The molecule has 0 fully saturated rings. The number of amides is 1. The summed E-state index contributed by atoms with van der Waals surface area (Å²) in [5.74, 6) is -1.52. The fourth-order valence-corrected chi connectivity index (χ4v) is 3.38. The molecule has 0 aliphatic heterocycles. The summed E-state index contributed by atoms with van der Waals surface area (Å²) < 4.78 is 11.6. The first-order chi connectivity index (χ1) is 14.1. The van der Waals surface area contributed by atoms with Crippen molar-refractivity contribution < 1.29 is 39.0 Å². The van der Waals surface area contributed by atoms with Gasteiger partial charge in [-0.2, -0.15) is 0 Å². The van der Waals surface area contributed by atoms with Crippen molar-refractivity contribution in [1.82, 2.24) is 10.0 Å². The molecular formula is C19H25N2O8P. The first-order valence-corrected chi connectivity index (χ1v) is 11.1. The van der Waals surface area contributed by atoms with Crippen molar-refractivity contribution in [3.05, 3.63) is 47.5 Å². The quantitative estimate of drug-likeness (QED) is 0.259. The third-order valence-electron chi connectivity index (χ3n) is 4.15. The number of hydrogen-bond acceptors (Lipinski definition) is 6. The van der Waals surface area contributed by atoms with Crippen molar-refractivity contribution in [3.8, 4) is 11.8 Å².